The molecule has 0 spiro atoms. The van der Waals surface area contributed by atoms with Gasteiger partial charge >= 0.3 is 0 Å². The second kappa shape index (κ2) is 7.19. The van der Waals surface area contributed by atoms with Crippen LogP contribution in [0.15, 0.2) is 41.3 Å². The minimum Gasteiger partial charge on any atom is -0.495 e. The van der Waals surface area contributed by atoms with Gasteiger partial charge in [-0.3, -0.25) is 4.31 Å². The molecule has 0 heterocycles. The molecule has 0 saturated carbocycles. The number of ether oxygens (including phenoxy) is 3. The lowest BCUT2D eigenvalue weighted by atomic mass is 10.3. The molecule has 0 bridgehead atoms. The minimum absolute atomic E-state index is 0.0607. The van der Waals surface area contributed by atoms with E-state index in [0.717, 1.165) is 4.31 Å². The molecule has 0 aromatic heterocycles. The van der Waals surface area contributed by atoms with E-state index >= 15 is 0 Å². The number of methoxy groups -OCH3 is 3. The quantitative estimate of drug-likeness (QED) is 0.780. The minimum atomic E-state index is -3.79. The lowest BCUT2D eigenvalue weighted by Crippen LogP contribution is -2.26. The van der Waals surface area contributed by atoms with Gasteiger partial charge in [0.25, 0.3) is 10.0 Å². The molecule has 0 fully saturated rings. The van der Waals surface area contributed by atoms with Crippen molar-refractivity contribution >= 4 is 27.3 Å². The number of sulfonamides is 1. The summed E-state index contributed by atoms with van der Waals surface area (Å²) in [4.78, 5) is 0.0607. The Morgan fingerprint density at radius 3 is 2.00 bits per heavy atom. The number of rotatable bonds is 6. The Kier molecular flexibility index (Phi) is 5.46. The summed E-state index contributed by atoms with van der Waals surface area (Å²) in [5.41, 5.74) is 0.430. The number of benzene rings is 2. The number of halogens is 1. The number of nitrogens with zero attached hydrogens (tertiary/aromatic N) is 1. The molecule has 130 valence electrons. The van der Waals surface area contributed by atoms with Gasteiger partial charge in [0, 0.05) is 13.1 Å². The lowest BCUT2D eigenvalue weighted by Gasteiger charge is -2.21. The van der Waals surface area contributed by atoms with Gasteiger partial charge in [-0.15, -0.1) is 0 Å². The molecule has 0 amide bonds. The van der Waals surface area contributed by atoms with E-state index in [-0.39, 0.29) is 9.92 Å². The zero-order chi connectivity index (χ0) is 17.9. The number of hydrogen-bond acceptors (Lipinski definition) is 5. The highest BCUT2D eigenvalue weighted by molar-refractivity contribution is 7.92. The van der Waals surface area contributed by atoms with Crippen LogP contribution in [-0.2, 0) is 10.0 Å². The first-order valence-electron chi connectivity index (χ1n) is 6.89. The van der Waals surface area contributed by atoms with Crippen LogP contribution in [0.4, 0.5) is 5.69 Å². The standard InChI is InChI=1S/C16H18ClNO5S/c1-18(11-5-7-15(22-3)16(9-11)23-4)24(19,20)12-6-8-14(21-2)13(17)10-12/h5-10H,1-4H3. The Bertz CT molecular complexity index is 838. The summed E-state index contributed by atoms with van der Waals surface area (Å²) in [6.07, 6.45) is 0. The maximum atomic E-state index is 12.8. The average molecular weight is 372 g/mol. The molecular formula is C16H18ClNO5S. The molecule has 0 aliphatic carbocycles. The molecule has 2 aromatic rings. The van der Waals surface area contributed by atoms with Crippen molar-refractivity contribution in [3.8, 4) is 17.2 Å². The predicted octanol–water partition coefficient (Wildman–Crippen LogP) is 3.19. The zero-order valence-electron chi connectivity index (χ0n) is 13.7. The van der Waals surface area contributed by atoms with Crippen molar-refractivity contribution < 1.29 is 22.6 Å². The molecule has 0 saturated heterocycles. The second-order valence-corrected chi connectivity index (χ2v) is 7.18. The highest BCUT2D eigenvalue weighted by atomic mass is 35.5. The van der Waals surface area contributed by atoms with Crippen molar-refractivity contribution in [1.82, 2.24) is 0 Å². The van der Waals surface area contributed by atoms with Crippen molar-refractivity contribution in [2.75, 3.05) is 32.7 Å². The SMILES string of the molecule is COc1ccc(S(=O)(=O)N(C)c2ccc(OC)c(OC)c2)cc1Cl. The van der Waals surface area contributed by atoms with E-state index in [1.54, 1.807) is 18.2 Å². The molecule has 0 radical (unpaired) electrons. The fourth-order valence-electron chi connectivity index (χ4n) is 2.13. The summed E-state index contributed by atoms with van der Waals surface area (Å²) in [5.74, 6) is 1.36. The summed E-state index contributed by atoms with van der Waals surface area (Å²) in [6.45, 7) is 0. The third-order valence-electron chi connectivity index (χ3n) is 3.51. The Morgan fingerprint density at radius 2 is 1.46 bits per heavy atom. The van der Waals surface area contributed by atoms with Gasteiger partial charge in [-0.2, -0.15) is 0 Å². The van der Waals surface area contributed by atoms with Gasteiger partial charge in [-0.05, 0) is 30.3 Å². The van der Waals surface area contributed by atoms with E-state index in [2.05, 4.69) is 0 Å². The molecule has 8 heteroatoms. The van der Waals surface area contributed by atoms with Crippen molar-refractivity contribution in [3.63, 3.8) is 0 Å². The fourth-order valence-corrected chi connectivity index (χ4v) is 3.66. The topological polar surface area (TPSA) is 65.1 Å². The Hall–Kier alpha value is -2.12. The van der Waals surface area contributed by atoms with Crippen LogP contribution in [0, 0.1) is 0 Å². The van der Waals surface area contributed by atoms with E-state index in [0.29, 0.717) is 22.9 Å². The highest BCUT2D eigenvalue weighted by Crippen LogP contribution is 2.34. The maximum absolute atomic E-state index is 12.8. The van der Waals surface area contributed by atoms with Crippen molar-refractivity contribution in [2.45, 2.75) is 4.90 Å². The van der Waals surface area contributed by atoms with E-state index < -0.39 is 10.0 Å². The van der Waals surface area contributed by atoms with Gasteiger partial charge < -0.3 is 14.2 Å². The largest absolute Gasteiger partial charge is 0.495 e. The summed E-state index contributed by atoms with van der Waals surface area (Å²) >= 11 is 6.03. The fraction of sp³-hybridized carbons (Fsp3) is 0.250. The monoisotopic (exact) mass is 371 g/mol. The molecule has 24 heavy (non-hydrogen) atoms. The Labute approximate surface area is 146 Å². The Balaban J connectivity index is 2.44. The lowest BCUT2D eigenvalue weighted by molar-refractivity contribution is 0.355. The average Bonchev–Trinajstić information content (AvgIpc) is 2.60. The second-order valence-electron chi connectivity index (χ2n) is 4.81. The summed E-state index contributed by atoms with van der Waals surface area (Å²) < 4.78 is 42.1. The van der Waals surface area contributed by atoms with Crippen LogP contribution in [0.2, 0.25) is 5.02 Å². The van der Waals surface area contributed by atoms with Gasteiger partial charge in [0.05, 0.1) is 36.9 Å². The maximum Gasteiger partial charge on any atom is 0.264 e. The van der Waals surface area contributed by atoms with E-state index in [1.165, 1.54) is 46.6 Å². The molecule has 2 rings (SSSR count). The van der Waals surface area contributed by atoms with Crippen LogP contribution < -0.4 is 18.5 Å². The van der Waals surface area contributed by atoms with Gasteiger partial charge in [0.15, 0.2) is 11.5 Å². The summed E-state index contributed by atoms with van der Waals surface area (Å²) in [5, 5.41) is 0.222. The van der Waals surface area contributed by atoms with E-state index in [4.69, 9.17) is 25.8 Å². The van der Waals surface area contributed by atoms with Crippen molar-refractivity contribution in [2.24, 2.45) is 0 Å². The van der Waals surface area contributed by atoms with Crippen LogP contribution in [0.5, 0.6) is 17.2 Å². The van der Waals surface area contributed by atoms with Crippen LogP contribution >= 0.6 is 11.6 Å². The number of hydrogen-bond donors (Lipinski definition) is 0. The van der Waals surface area contributed by atoms with Crippen molar-refractivity contribution in [1.29, 1.82) is 0 Å². The molecule has 0 unspecified atom stereocenters. The van der Waals surface area contributed by atoms with Crippen LogP contribution in [0.3, 0.4) is 0 Å². The van der Waals surface area contributed by atoms with Crippen LogP contribution in [-0.4, -0.2) is 36.8 Å². The molecule has 6 nitrogen and oxygen atoms in total. The third-order valence-corrected chi connectivity index (χ3v) is 5.59. The molecule has 2 aromatic carbocycles. The first-order valence-corrected chi connectivity index (χ1v) is 8.71. The van der Waals surface area contributed by atoms with Gasteiger partial charge in [0.1, 0.15) is 5.75 Å². The molecule has 0 aliphatic rings. The zero-order valence-corrected chi connectivity index (χ0v) is 15.3. The highest BCUT2D eigenvalue weighted by Gasteiger charge is 2.23. The van der Waals surface area contributed by atoms with Gasteiger partial charge in [-0.1, -0.05) is 11.6 Å². The summed E-state index contributed by atoms with van der Waals surface area (Å²) in [7, 11) is 2.13. The van der Waals surface area contributed by atoms with E-state index in [9.17, 15) is 8.42 Å². The first kappa shape index (κ1) is 18.2. The van der Waals surface area contributed by atoms with Crippen LogP contribution in [0.25, 0.3) is 0 Å². The Morgan fingerprint density at radius 1 is 0.875 bits per heavy atom. The van der Waals surface area contributed by atoms with Crippen LogP contribution in [0.1, 0.15) is 0 Å². The molecule has 0 aliphatic heterocycles. The first-order chi connectivity index (χ1) is 11.3. The molecular weight excluding hydrogens is 354 g/mol. The van der Waals surface area contributed by atoms with Crippen molar-refractivity contribution in [3.05, 3.63) is 41.4 Å². The smallest absolute Gasteiger partial charge is 0.264 e. The normalized spacial score (nSPS) is 11.0. The third kappa shape index (κ3) is 3.37. The van der Waals surface area contributed by atoms with E-state index in [1.807, 2.05) is 0 Å². The van der Waals surface area contributed by atoms with Gasteiger partial charge in [-0.25, -0.2) is 8.42 Å². The van der Waals surface area contributed by atoms with Gasteiger partial charge in [0.2, 0.25) is 0 Å². The number of anilines is 1. The molecule has 0 atom stereocenters. The predicted molar refractivity (Wildman–Crippen MR) is 93.1 cm³/mol. The molecule has 0 N–H and O–H groups in total. The summed E-state index contributed by atoms with van der Waals surface area (Å²) in [6, 6.07) is 9.16.